The van der Waals surface area contributed by atoms with Gasteiger partial charge in [0.2, 0.25) is 0 Å². The largest absolute Gasteiger partial charge is 0.493 e. The maximum atomic E-state index is 12.5. The number of hydrogen-bond donors (Lipinski definition) is 1. The maximum absolute atomic E-state index is 12.5. The lowest BCUT2D eigenvalue weighted by molar-refractivity contribution is -0.123. The Kier molecular flexibility index (Phi) is 6.45. The van der Waals surface area contributed by atoms with E-state index in [0.29, 0.717) is 11.5 Å². The number of amides is 1. The summed E-state index contributed by atoms with van der Waals surface area (Å²) in [5.41, 5.74) is 4.05. The normalized spacial score (nSPS) is 11.5. The van der Waals surface area contributed by atoms with E-state index in [4.69, 9.17) is 14.2 Å². The molecule has 0 aliphatic rings. The molecule has 1 amide bonds. The molecule has 0 radical (unpaired) electrons. The van der Waals surface area contributed by atoms with Gasteiger partial charge in [0.15, 0.2) is 17.6 Å². The second-order valence-corrected chi connectivity index (χ2v) is 6.38. The summed E-state index contributed by atoms with van der Waals surface area (Å²) in [6.07, 6.45) is -0.953. The minimum Gasteiger partial charge on any atom is -0.493 e. The molecule has 0 unspecified atom stereocenters. The van der Waals surface area contributed by atoms with Crippen LogP contribution in [0.1, 0.15) is 34.0 Å². The Morgan fingerprint density at radius 3 is 2.07 bits per heavy atom. The Bertz CT molecular complexity index is 837. The quantitative estimate of drug-likeness (QED) is 0.782. The van der Waals surface area contributed by atoms with Gasteiger partial charge in [0.25, 0.3) is 5.91 Å². The fourth-order valence-corrected chi connectivity index (χ4v) is 2.85. The van der Waals surface area contributed by atoms with Crippen molar-refractivity contribution in [2.24, 2.45) is 0 Å². The maximum Gasteiger partial charge on any atom is 0.339 e. The van der Waals surface area contributed by atoms with E-state index in [1.165, 1.54) is 27.2 Å². The van der Waals surface area contributed by atoms with Crippen molar-refractivity contribution in [3.8, 4) is 11.5 Å². The highest BCUT2D eigenvalue weighted by Gasteiger charge is 2.21. The van der Waals surface area contributed by atoms with Crippen molar-refractivity contribution in [1.29, 1.82) is 0 Å². The number of carbonyl (C=O) groups excluding carboxylic acids is 2. The molecule has 2 aromatic rings. The fraction of sp³-hybridized carbons (Fsp3) is 0.333. The summed E-state index contributed by atoms with van der Waals surface area (Å²) in [7, 11) is 2.99. The number of carbonyl (C=O) groups is 2. The Morgan fingerprint density at radius 1 is 0.926 bits per heavy atom. The summed E-state index contributed by atoms with van der Waals surface area (Å²) in [6.45, 7) is 7.39. The number of benzene rings is 2. The molecule has 0 saturated carbocycles. The second-order valence-electron chi connectivity index (χ2n) is 6.38. The lowest BCUT2D eigenvalue weighted by Gasteiger charge is -2.17. The smallest absolute Gasteiger partial charge is 0.339 e. The molecule has 0 aromatic heterocycles. The van der Waals surface area contributed by atoms with Gasteiger partial charge in [0, 0.05) is 5.69 Å². The molecule has 0 spiro atoms. The van der Waals surface area contributed by atoms with Crippen LogP contribution in [0, 0.1) is 20.8 Å². The van der Waals surface area contributed by atoms with Gasteiger partial charge in [-0.05, 0) is 57.0 Å². The van der Waals surface area contributed by atoms with Gasteiger partial charge in [0.05, 0.1) is 19.8 Å². The molecule has 1 N–H and O–H groups in total. The lowest BCUT2D eigenvalue weighted by atomic mass is 10.0. The molecule has 0 aliphatic carbocycles. The Morgan fingerprint density at radius 2 is 1.52 bits per heavy atom. The van der Waals surface area contributed by atoms with E-state index >= 15 is 0 Å². The highest BCUT2D eigenvalue weighted by molar-refractivity contribution is 5.98. The van der Waals surface area contributed by atoms with Gasteiger partial charge in [-0.2, -0.15) is 0 Å². The van der Waals surface area contributed by atoms with Crippen molar-refractivity contribution in [3.63, 3.8) is 0 Å². The van der Waals surface area contributed by atoms with E-state index in [1.54, 1.807) is 12.1 Å². The molecule has 2 aromatic carbocycles. The van der Waals surface area contributed by atoms with Crippen LogP contribution in [0.25, 0.3) is 0 Å². The number of hydrogen-bond acceptors (Lipinski definition) is 5. The Hall–Kier alpha value is -3.02. The predicted octanol–water partition coefficient (Wildman–Crippen LogP) is 3.81. The topological polar surface area (TPSA) is 73.9 Å². The molecule has 6 nitrogen and oxygen atoms in total. The van der Waals surface area contributed by atoms with Gasteiger partial charge in [0.1, 0.15) is 0 Å². The standard InChI is InChI=1S/C21H25NO5/c1-12-9-13(2)19(14(3)10-12)22-20(23)15(4)27-21(24)16-7-8-17(25-5)18(11-16)26-6/h7-11,15H,1-6H3,(H,22,23)/t15-/m0/s1. The first-order valence-corrected chi connectivity index (χ1v) is 8.58. The lowest BCUT2D eigenvalue weighted by Crippen LogP contribution is -2.30. The molecule has 0 heterocycles. The molecule has 0 saturated heterocycles. The number of methoxy groups -OCH3 is 2. The molecule has 144 valence electrons. The number of nitrogens with one attached hydrogen (secondary N) is 1. The van der Waals surface area contributed by atoms with E-state index in [1.807, 2.05) is 32.9 Å². The number of esters is 1. The zero-order chi connectivity index (χ0) is 20.1. The van der Waals surface area contributed by atoms with E-state index < -0.39 is 12.1 Å². The SMILES string of the molecule is COc1ccc(C(=O)O[C@@H](C)C(=O)Nc2c(C)cc(C)cc2C)cc1OC. The number of ether oxygens (including phenoxy) is 3. The highest BCUT2D eigenvalue weighted by atomic mass is 16.5. The van der Waals surface area contributed by atoms with Crippen molar-refractivity contribution in [1.82, 2.24) is 0 Å². The molecule has 1 atom stereocenters. The van der Waals surface area contributed by atoms with Crippen molar-refractivity contribution in [2.75, 3.05) is 19.5 Å². The van der Waals surface area contributed by atoms with E-state index in [2.05, 4.69) is 5.32 Å². The van der Waals surface area contributed by atoms with E-state index in [9.17, 15) is 9.59 Å². The fourth-order valence-electron chi connectivity index (χ4n) is 2.85. The van der Waals surface area contributed by atoms with Gasteiger partial charge in [-0.1, -0.05) is 17.7 Å². The third-order valence-electron chi connectivity index (χ3n) is 4.20. The third kappa shape index (κ3) is 4.78. The van der Waals surface area contributed by atoms with Crippen LogP contribution >= 0.6 is 0 Å². The summed E-state index contributed by atoms with van der Waals surface area (Å²) >= 11 is 0. The van der Waals surface area contributed by atoms with Gasteiger partial charge in [-0.25, -0.2) is 4.79 Å². The molecule has 0 aliphatic heterocycles. The molecule has 27 heavy (non-hydrogen) atoms. The average molecular weight is 371 g/mol. The van der Waals surface area contributed by atoms with Gasteiger partial charge < -0.3 is 19.5 Å². The number of anilines is 1. The molecule has 0 fully saturated rings. The average Bonchev–Trinajstić information content (AvgIpc) is 2.63. The van der Waals surface area contributed by atoms with Gasteiger partial charge in [-0.15, -0.1) is 0 Å². The van der Waals surface area contributed by atoms with Crippen molar-refractivity contribution in [2.45, 2.75) is 33.8 Å². The summed E-state index contributed by atoms with van der Waals surface area (Å²) in [6, 6.07) is 8.66. The summed E-state index contributed by atoms with van der Waals surface area (Å²) < 4.78 is 15.6. The first-order valence-electron chi connectivity index (χ1n) is 8.58. The molecule has 6 heteroatoms. The minimum atomic E-state index is -0.953. The Balaban J connectivity index is 2.09. The molecule has 0 bridgehead atoms. The Labute approximate surface area is 159 Å². The van der Waals surface area contributed by atoms with Crippen LogP contribution in [0.15, 0.2) is 30.3 Å². The molecular formula is C21H25NO5. The summed E-state index contributed by atoms with van der Waals surface area (Å²) in [4.78, 5) is 24.8. The van der Waals surface area contributed by atoms with Gasteiger partial charge >= 0.3 is 5.97 Å². The summed E-state index contributed by atoms with van der Waals surface area (Å²) in [5.74, 6) is -0.0880. The first kappa shape index (κ1) is 20.3. The van der Waals surface area contributed by atoms with Crippen LogP contribution < -0.4 is 14.8 Å². The zero-order valence-corrected chi connectivity index (χ0v) is 16.5. The van der Waals surface area contributed by atoms with Crippen LogP contribution in [-0.2, 0) is 9.53 Å². The second kappa shape index (κ2) is 8.58. The summed E-state index contributed by atoms with van der Waals surface area (Å²) in [5, 5.41) is 2.84. The van der Waals surface area contributed by atoms with Crippen LogP contribution in [0.4, 0.5) is 5.69 Å². The predicted molar refractivity (Wildman–Crippen MR) is 104 cm³/mol. The third-order valence-corrected chi connectivity index (χ3v) is 4.20. The van der Waals surface area contributed by atoms with E-state index in [-0.39, 0.29) is 11.5 Å². The monoisotopic (exact) mass is 371 g/mol. The first-order chi connectivity index (χ1) is 12.8. The van der Waals surface area contributed by atoms with Crippen LogP contribution in [0.2, 0.25) is 0 Å². The number of aryl methyl sites for hydroxylation is 3. The van der Waals surface area contributed by atoms with Crippen molar-refractivity contribution < 1.29 is 23.8 Å². The number of rotatable bonds is 6. The molecular weight excluding hydrogens is 346 g/mol. The van der Waals surface area contributed by atoms with Crippen molar-refractivity contribution in [3.05, 3.63) is 52.6 Å². The zero-order valence-electron chi connectivity index (χ0n) is 16.5. The van der Waals surface area contributed by atoms with Crippen LogP contribution in [0.3, 0.4) is 0 Å². The molecule has 2 rings (SSSR count). The van der Waals surface area contributed by atoms with E-state index in [0.717, 1.165) is 22.4 Å². The highest BCUT2D eigenvalue weighted by Crippen LogP contribution is 2.28. The van der Waals surface area contributed by atoms with Crippen molar-refractivity contribution >= 4 is 17.6 Å². The minimum absolute atomic E-state index is 0.273. The van der Waals surface area contributed by atoms with Crippen LogP contribution in [0.5, 0.6) is 11.5 Å². The van der Waals surface area contributed by atoms with Crippen LogP contribution in [-0.4, -0.2) is 32.2 Å². The van der Waals surface area contributed by atoms with Gasteiger partial charge in [-0.3, -0.25) is 4.79 Å².